The molecule has 1 saturated carbocycles. The number of rotatable bonds is 3. The molecule has 3 heteroatoms. The van der Waals surface area contributed by atoms with Crippen LogP contribution in [0.15, 0.2) is 6.07 Å². The predicted octanol–water partition coefficient (Wildman–Crippen LogP) is 1.56. The number of nitrogens with zero attached hydrogens (tertiary/aromatic N) is 2. The standard InChI is InChI=1S/C10H16N2O/c1-7-5-9(11-12(7)2)10(13)6-8-3-4-8/h5,8,10,13H,3-4,6H2,1-2H3/t10-/m1/s1. The van der Waals surface area contributed by atoms with Gasteiger partial charge in [0.2, 0.25) is 0 Å². The maximum atomic E-state index is 9.79. The number of aliphatic hydroxyl groups is 1. The quantitative estimate of drug-likeness (QED) is 0.766. The Morgan fingerprint density at radius 2 is 2.38 bits per heavy atom. The summed E-state index contributed by atoms with van der Waals surface area (Å²) in [6.07, 6.45) is 3.09. The van der Waals surface area contributed by atoms with Crippen LogP contribution < -0.4 is 0 Å². The van der Waals surface area contributed by atoms with Crippen molar-refractivity contribution in [1.29, 1.82) is 0 Å². The molecule has 1 fully saturated rings. The molecule has 0 radical (unpaired) electrons. The Balaban J connectivity index is 2.05. The van der Waals surface area contributed by atoms with Gasteiger partial charge in [-0.25, -0.2) is 0 Å². The van der Waals surface area contributed by atoms with Crippen molar-refractivity contribution in [1.82, 2.24) is 9.78 Å². The van der Waals surface area contributed by atoms with Crippen LogP contribution in [0.25, 0.3) is 0 Å². The van der Waals surface area contributed by atoms with E-state index in [2.05, 4.69) is 5.10 Å². The smallest absolute Gasteiger partial charge is 0.0981 e. The van der Waals surface area contributed by atoms with E-state index in [1.54, 1.807) is 0 Å². The van der Waals surface area contributed by atoms with Gasteiger partial charge in [0.1, 0.15) is 0 Å². The lowest BCUT2D eigenvalue weighted by Gasteiger charge is -2.04. The molecule has 1 heterocycles. The van der Waals surface area contributed by atoms with Crippen LogP contribution in [0.3, 0.4) is 0 Å². The van der Waals surface area contributed by atoms with Crippen LogP contribution in [-0.4, -0.2) is 14.9 Å². The topological polar surface area (TPSA) is 38.1 Å². The van der Waals surface area contributed by atoms with Crippen LogP contribution >= 0.6 is 0 Å². The Labute approximate surface area is 78.4 Å². The van der Waals surface area contributed by atoms with E-state index in [0.717, 1.165) is 23.7 Å². The molecule has 1 aliphatic rings. The Bertz CT molecular complexity index is 282. The number of aliphatic hydroxyl groups excluding tert-OH is 1. The molecule has 0 bridgehead atoms. The monoisotopic (exact) mass is 180 g/mol. The van der Waals surface area contributed by atoms with Crippen LogP contribution in [0.5, 0.6) is 0 Å². The lowest BCUT2D eigenvalue weighted by atomic mass is 10.1. The van der Waals surface area contributed by atoms with Gasteiger partial charge in [-0.15, -0.1) is 0 Å². The predicted molar refractivity (Wildman–Crippen MR) is 50.2 cm³/mol. The molecule has 3 nitrogen and oxygen atoms in total. The molecule has 1 aliphatic carbocycles. The highest BCUT2D eigenvalue weighted by molar-refractivity contribution is 5.11. The van der Waals surface area contributed by atoms with Crippen molar-refractivity contribution in [2.45, 2.75) is 32.3 Å². The number of aromatic nitrogens is 2. The molecule has 0 aromatic carbocycles. The molecule has 0 amide bonds. The molecule has 0 unspecified atom stereocenters. The second-order valence-electron chi connectivity index (χ2n) is 4.03. The summed E-state index contributed by atoms with van der Waals surface area (Å²) in [6, 6.07) is 1.97. The van der Waals surface area contributed by atoms with Gasteiger partial charge in [0, 0.05) is 12.7 Å². The fraction of sp³-hybridized carbons (Fsp3) is 0.700. The first-order chi connectivity index (χ1) is 6.16. The minimum absolute atomic E-state index is 0.354. The summed E-state index contributed by atoms with van der Waals surface area (Å²) in [7, 11) is 1.91. The second kappa shape index (κ2) is 3.14. The summed E-state index contributed by atoms with van der Waals surface area (Å²) < 4.78 is 1.81. The summed E-state index contributed by atoms with van der Waals surface area (Å²) in [5.74, 6) is 0.748. The van der Waals surface area contributed by atoms with Gasteiger partial charge >= 0.3 is 0 Å². The summed E-state index contributed by atoms with van der Waals surface area (Å²) in [6.45, 7) is 2.00. The zero-order chi connectivity index (χ0) is 9.42. The number of aryl methyl sites for hydroxylation is 2. The third-order valence-corrected chi connectivity index (χ3v) is 2.73. The van der Waals surface area contributed by atoms with Crippen molar-refractivity contribution >= 4 is 0 Å². The van der Waals surface area contributed by atoms with Crippen molar-refractivity contribution < 1.29 is 5.11 Å². The highest BCUT2D eigenvalue weighted by Gasteiger charge is 2.26. The van der Waals surface area contributed by atoms with Crippen LogP contribution in [-0.2, 0) is 7.05 Å². The first-order valence-corrected chi connectivity index (χ1v) is 4.85. The Kier molecular flexibility index (Phi) is 2.12. The largest absolute Gasteiger partial charge is 0.387 e. The summed E-state index contributed by atoms with van der Waals surface area (Å²) in [4.78, 5) is 0. The van der Waals surface area contributed by atoms with Gasteiger partial charge in [0.15, 0.2) is 0 Å². The molecule has 13 heavy (non-hydrogen) atoms. The lowest BCUT2D eigenvalue weighted by Crippen LogP contribution is -2.00. The van der Waals surface area contributed by atoms with Gasteiger partial charge in [0.05, 0.1) is 11.8 Å². The first kappa shape index (κ1) is 8.75. The minimum Gasteiger partial charge on any atom is -0.387 e. The summed E-state index contributed by atoms with van der Waals surface area (Å²) >= 11 is 0. The van der Waals surface area contributed by atoms with Gasteiger partial charge in [-0.2, -0.15) is 5.10 Å². The van der Waals surface area contributed by atoms with Gasteiger partial charge in [0.25, 0.3) is 0 Å². The normalized spacial score (nSPS) is 19.0. The molecular weight excluding hydrogens is 164 g/mol. The first-order valence-electron chi connectivity index (χ1n) is 4.85. The van der Waals surface area contributed by atoms with Gasteiger partial charge < -0.3 is 5.11 Å². The fourth-order valence-electron chi connectivity index (χ4n) is 1.54. The maximum Gasteiger partial charge on any atom is 0.0981 e. The zero-order valence-electron chi connectivity index (χ0n) is 8.20. The lowest BCUT2D eigenvalue weighted by molar-refractivity contribution is 0.155. The Morgan fingerprint density at radius 1 is 1.69 bits per heavy atom. The number of hydrogen-bond acceptors (Lipinski definition) is 2. The molecule has 2 rings (SSSR count). The van der Waals surface area contributed by atoms with Crippen LogP contribution in [0.4, 0.5) is 0 Å². The Morgan fingerprint density at radius 3 is 2.85 bits per heavy atom. The molecule has 72 valence electrons. The van der Waals surface area contributed by atoms with Crippen molar-refractivity contribution in [2.24, 2.45) is 13.0 Å². The summed E-state index contributed by atoms with van der Waals surface area (Å²) in [5, 5.41) is 14.1. The third kappa shape index (κ3) is 1.91. The van der Waals surface area contributed by atoms with E-state index in [9.17, 15) is 5.11 Å². The van der Waals surface area contributed by atoms with E-state index in [-0.39, 0.29) is 6.10 Å². The molecule has 1 atom stereocenters. The second-order valence-corrected chi connectivity index (χ2v) is 4.03. The van der Waals surface area contributed by atoms with Crippen LogP contribution in [0, 0.1) is 12.8 Å². The van der Waals surface area contributed by atoms with Gasteiger partial charge in [-0.1, -0.05) is 12.8 Å². The van der Waals surface area contributed by atoms with E-state index in [0.29, 0.717) is 0 Å². The fourth-order valence-corrected chi connectivity index (χ4v) is 1.54. The van der Waals surface area contributed by atoms with Crippen molar-refractivity contribution in [2.75, 3.05) is 0 Å². The van der Waals surface area contributed by atoms with Crippen molar-refractivity contribution in [3.63, 3.8) is 0 Å². The SMILES string of the molecule is Cc1cc([C@H](O)CC2CC2)nn1C. The van der Waals surface area contributed by atoms with E-state index in [1.807, 2.05) is 24.7 Å². The highest BCUT2D eigenvalue weighted by atomic mass is 16.3. The molecule has 1 aromatic rings. The Hall–Kier alpha value is -0.830. The number of hydrogen-bond donors (Lipinski definition) is 1. The molecule has 1 N–H and O–H groups in total. The molecule has 0 saturated heterocycles. The van der Waals surface area contributed by atoms with Gasteiger partial charge in [-0.3, -0.25) is 4.68 Å². The third-order valence-electron chi connectivity index (χ3n) is 2.73. The van der Waals surface area contributed by atoms with Gasteiger partial charge in [-0.05, 0) is 25.3 Å². The average molecular weight is 180 g/mol. The van der Waals surface area contributed by atoms with Crippen LogP contribution in [0.1, 0.15) is 36.8 Å². The zero-order valence-corrected chi connectivity index (χ0v) is 8.20. The van der Waals surface area contributed by atoms with E-state index >= 15 is 0 Å². The van der Waals surface area contributed by atoms with Crippen molar-refractivity contribution in [3.05, 3.63) is 17.5 Å². The summed E-state index contributed by atoms with van der Waals surface area (Å²) in [5.41, 5.74) is 1.93. The van der Waals surface area contributed by atoms with Crippen molar-refractivity contribution in [3.8, 4) is 0 Å². The molecular formula is C10H16N2O. The molecule has 0 spiro atoms. The highest BCUT2D eigenvalue weighted by Crippen LogP contribution is 2.37. The average Bonchev–Trinajstić information content (AvgIpc) is 2.81. The van der Waals surface area contributed by atoms with E-state index < -0.39 is 0 Å². The molecule has 0 aliphatic heterocycles. The maximum absolute atomic E-state index is 9.79. The molecule has 1 aromatic heterocycles. The minimum atomic E-state index is -0.354. The van der Waals surface area contributed by atoms with E-state index in [1.165, 1.54) is 12.8 Å². The van der Waals surface area contributed by atoms with Crippen LogP contribution in [0.2, 0.25) is 0 Å². The van der Waals surface area contributed by atoms with E-state index in [4.69, 9.17) is 0 Å².